The van der Waals surface area contributed by atoms with Gasteiger partial charge >= 0.3 is 0 Å². The van der Waals surface area contributed by atoms with Crippen LogP contribution in [0.25, 0.3) is 27.5 Å². The van der Waals surface area contributed by atoms with E-state index in [1.54, 1.807) is 7.11 Å². The minimum absolute atomic E-state index is 0.674. The zero-order valence-electron chi connectivity index (χ0n) is 22.2. The van der Waals surface area contributed by atoms with Gasteiger partial charge in [-0.05, 0) is 31.4 Å². The number of hydrogen-bond acceptors (Lipinski definition) is 6. The summed E-state index contributed by atoms with van der Waals surface area (Å²) in [5, 5.41) is 7.31. The van der Waals surface area contributed by atoms with Gasteiger partial charge in [-0.25, -0.2) is 4.98 Å². The number of piperazine rings is 1. The van der Waals surface area contributed by atoms with Gasteiger partial charge in [0.1, 0.15) is 23.9 Å². The van der Waals surface area contributed by atoms with Crippen LogP contribution in [0.4, 0.5) is 5.82 Å². The maximum absolute atomic E-state index is 6.20. The summed E-state index contributed by atoms with van der Waals surface area (Å²) in [5.41, 5.74) is 4.83. The molecule has 1 fully saturated rings. The first-order chi connectivity index (χ1) is 18.6. The van der Waals surface area contributed by atoms with Crippen LogP contribution in [0.1, 0.15) is 11.4 Å². The van der Waals surface area contributed by atoms with Crippen molar-refractivity contribution in [3.63, 3.8) is 0 Å². The number of nitrogens with zero attached hydrogens (tertiary/aromatic N) is 5. The van der Waals surface area contributed by atoms with Gasteiger partial charge in [0.05, 0.1) is 18.4 Å². The van der Waals surface area contributed by atoms with Crippen LogP contribution in [0.15, 0.2) is 72.8 Å². The van der Waals surface area contributed by atoms with Gasteiger partial charge in [-0.2, -0.15) is 9.61 Å². The predicted octanol–water partition coefficient (Wildman–Crippen LogP) is 5.38. The number of fused-ring (bicyclic) bond motifs is 2. The third-order valence-corrected chi connectivity index (χ3v) is 7.36. The summed E-state index contributed by atoms with van der Waals surface area (Å²) in [5.74, 6) is 2.87. The second kappa shape index (κ2) is 10.3. The number of anilines is 1. The zero-order valence-corrected chi connectivity index (χ0v) is 22.2. The Morgan fingerprint density at radius 1 is 0.842 bits per heavy atom. The van der Waals surface area contributed by atoms with E-state index in [-0.39, 0.29) is 0 Å². The van der Waals surface area contributed by atoms with Crippen molar-refractivity contribution in [2.75, 3.05) is 51.3 Å². The Hall–Kier alpha value is -4.10. The Morgan fingerprint density at radius 2 is 1.58 bits per heavy atom. The van der Waals surface area contributed by atoms with E-state index in [2.05, 4.69) is 71.3 Å². The van der Waals surface area contributed by atoms with Crippen molar-refractivity contribution in [1.82, 2.24) is 19.5 Å². The number of benzene rings is 3. The molecular weight excluding hydrogens is 474 g/mol. The summed E-state index contributed by atoms with van der Waals surface area (Å²) in [6.45, 7) is 9.48. The molecule has 0 saturated carbocycles. The van der Waals surface area contributed by atoms with Crippen LogP contribution in [0, 0.1) is 13.8 Å². The molecule has 2 aromatic heterocycles. The minimum Gasteiger partial charge on any atom is -0.496 e. The van der Waals surface area contributed by atoms with Gasteiger partial charge in [-0.1, -0.05) is 54.6 Å². The molecule has 0 bridgehead atoms. The van der Waals surface area contributed by atoms with Crippen LogP contribution in [-0.2, 0) is 0 Å². The van der Waals surface area contributed by atoms with Gasteiger partial charge in [0.25, 0.3) is 0 Å². The Bertz CT molecular complexity index is 1580. The van der Waals surface area contributed by atoms with E-state index in [1.165, 1.54) is 10.8 Å². The van der Waals surface area contributed by atoms with Gasteiger partial charge in [-0.3, -0.25) is 4.90 Å². The molecule has 0 unspecified atom stereocenters. The van der Waals surface area contributed by atoms with Crippen molar-refractivity contribution in [3.05, 3.63) is 84.2 Å². The molecule has 3 heterocycles. The third kappa shape index (κ3) is 4.54. The molecule has 0 aliphatic carbocycles. The minimum atomic E-state index is 0.674. The monoisotopic (exact) mass is 507 g/mol. The van der Waals surface area contributed by atoms with Crippen molar-refractivity contribution in [1.29, 1.82) is 0 Å². The molecule has 5 aromatic rings. The highest BCUT2D eigenvalue weighted by Crippen LogP contribution is 2.36. The largest absolute Gasteiger partial charge is 0.496 e. The van der Waals surface area contributed by atoms with E-state index in [0.717, 1.165) is 78.2 Å². The Kier molecular flexibility index (Phi) is 6.60. The van der Waals surface area contributed by atoms with Crippen LogP contribution in [-0.4, -0.2) is 65.9 Å². The Balaban J connectivity index is 1.16. The first kappa shape index (κ1) is 24.2. The van der Waals surface area contributed by atoms with Crippen molar-refractivity contribution >= 4 is 22.2 Å². The molecule has 1 saturated heterocycles. The van der Waals surface area contributed by atoms with Crippen LogP contribution < -0.4 is 14.4 Å². The maximum atomic E-state index is 6.20. The quantitative estimate of drug-likeness (QED) is 0.295. The Labute approximate surface area is 223 Å². The fourth-order valence-electron chi connectivity index (χ4n) is 5.42. The molecule has 6 rings (SSSR count). The number of ether oxygens (including phenoxy) is 2. The lowest BCUT2D eigenvalue weighted by Crippen LogP contribution is -2.48. The van der Waals surface area contributed by atoms with E-state index in [9.17, 15) is 0 Å². The highest BCUT2D eigenvalue weighted by molar-refractivity contribution is 5.88. The molecule has 1 aliphatic rings. The topological polar surface area (TPSA) is 55.1 Å². The summed E-state index contributed by atoms with van der Waals surface area (Å²) in [6, 6.07) is 24.8. The first-order valence-electron chi connectivity index (χ1n) is 13.2. The van der Waals surface area contributed by atoms with Crippen LogP contribution in [0.2, 0.25) is 0 Å². The molecule has 1 aliphatic heterocycles. The number of hydrogen-bond donors (Lipinski definition) is 0. The average molecular weight is 508 g/mol. The van der Waals surface area contributed by atoms with Crippen molar-refractivity contribution < 1.29 is 9.47 Å². The third-order valence-electron chi connectivity index (χ3n) is 7.36. The van der Waals surface area contributed by atoms with Gasteiger partial charge < -0.3 is 14.4 Å². The smallest absolute Gasteiger partial charge is 0.165 e. The lowest BCUT2D eigenvalue weighted by Gasteiger charge is -2.36. The number of methoxy groups -OCH3 is 1. The number of aryl methyl sites for hydroxylation is 2. The normalized spacial score (nSPS) is 14.3. The Morgan fingerprint density at radius 3 is 2.42 bits per heavy atom. The van der Waals surface area contributed by atoms with Gasteiger partial charge in [0.2, 0.25) is 0 Å². The number of aromatic nitrogens is 3. The van der Waals surface area contributed by atoms with Gasteiger partial charge in [0, 0.05) is 55.4 Å². The molecule has 0 atom stereocenters. The lowest BCUT2D eigenvalue weighted by molar-refractivity contribution is 0.201. The van der Waals surface area contributed by atoms with E-state index >= 15 is 0 Å². The van der Waals surface area contributed by atoms with E-state index < -0.39 is 0 Å². The van der Waals surface area contributed by atoms with Crippen LogP contribution in [0.5, 0.6) is 11.5 Å². The van der Waals surface area contributed by atoms with Gasteiger partial charge in [0.15, 0.2) is 5.65 Å². The standard InChI is InChI=1S/C31H33N5O2/c1-22-21-29(36-31(32-22)30(23(2)33-36)26-12-6-7-13-27(26)37-3)35-17-15-34(16-18-35)19-20-38-28-14-8-10-24-9-4-5-11-25(24)28/h4-14,21H,15-20H2,1-3H3. The fourth-order valence-corrected chi connectivity index (χ4v) is 5.42. The second-order valence-corrected chi connectivity index (χ2v) is 9.81. The van der Waals surface area contributed by atoms with Crippen molar-refractivity contribution in [2.45, 2.75) is 13.8 Å². The molecule has 0 amide bonds. The number of para-hydroxylation sites is 1. The average Bonchev–Trinajstić information content (AvgIpc) is 3.28. The summed E-state index contributed by atoms with van der Waals surface area (Å²) < 4.78 is 13.9. The number of rotatable bonds is 7. The SMILES string of the molecule is COc1ccccc1-c1c(C)nn2c(N3CCN(CCOc4cccc5ccccc45)CC3)cc(C)nc12. The van der Waals surface area contributed by atoms with E-state index in [1.807, 2.05) is 29.6 Å². The molecule has 7 nitrogen and oxygen atoms in total. The molecule has 0 radical (unpaired) electrons. The lowest BCUT2D eigenvalue weighted by atomic mass is 10.1. The molecule has 7 heteroatoms. The summed E-state index contributed by atoms with van der Waals surface area (Å²) in [7, 11) is 1.70. The summed E-state index contributed by atoms with van der Waals surface area (Å²) >= 11 is 0. The van der Waals surface area contributed by atoms with E-state index in [4.69, 9.17) is 19.6 Å². The van der Waals surface area contributed by atoms with Crippen LogP contribution >= 0.6 is 0 Å². The molecule has 0 N–H and O–H groups in total. The zero-order chi connectivity index (χ0) is 26.1. The van der Waals surface area contributed by atoms with Gasteiger partial charge in [-0.15, -0.1) is 0 Å². The second-order valence-electron chi connectivity index (χ2n) is 9.81. The fraction of sp³-hybridized carbons (Fsp3) is 0.290. The summed E-state index contributed by atoms with van der Waals surface area (Å²) in [4.78, 5) is 9.79. The predicted molar refractivity (Wildman–Crippen MR) is 153 cm³/mol. The van der Waals surface area contributed by atoms with Crippen molar-refractivity contribution in [3.8, 4) is 22.6 Å². The first-order valence-corrected chi connectivity index (χ1v) is 13.2. The van der Waals surface area contributed by atoms with Crippen molar-refractivity contribution in [2.24, 2.45) is 0 Å². The molecular formula is C31H33N5O2. The molecule has 38 heavy (non-hydrogen) atoms. The molecule has 194 valence electrons. The highest BCUT2D eigenvalue weighted by atomic mass is 16.5. The molecule has 0 spiro atoms. The summed E-state index contributed by atoms with van der Waals surface area (Å²) in [6.07, 6.45) is 0. The molecule has 3 aromatic carbocycles. The highest BCUT2D eigenvalue weighted by Gasteiger charge is 2.23. The van der Waals surface area contributed by atoms with Crippen LogP contribution in [0.3, 0.4) is 0 Å². The maximum Gasteiger partial charge on any atom is 0.165 e. The van der Waals surface area contributed by atoms with E-state index in [0.29, 0.717) is 6.61 Å².